The molecular weight excluding hydrogens is 314 g/mol. The maximum Gasteiger partial charge on any atom is 0.251 e. The summed E-state index contributed by atoms with van der Waals surface area (Å²) in [4.78, 5) is 12.9. The molecule has 1 aromatic carbocycles. The van der Waals surface area contributed by atoms with Gasteiger partial charge < -0.3 is 10.1 Å². The van der Waals surface area contributed by atoms with Gasteiger partial charge >= 0.3 is 0 Å². The smallest absolute Gasteiger partial charge is 0.251 e. The molecule has 0 spiro atoms. The van der Waals surface area contributed by atoms with Gasteiger partial charge in [-0.2, -0.15) is 0 Å². The third kappa shape index (κ3) is 5.89. The normalized spacial score (nSPS) is 10.3. The molecule has 0 unspecified atom stereocenters. The zero-order valence-corrected chi connectivity index (χ0v) is 12.9. The van der Waals surface area contributed by atoms with Gasteiger partial charge in [-0.05, 0) is 36.9 Å². The SMILES string of the molecule is CSc1ccc(C(=O)NCCCOCCBr)cc1. The van der Waals surface area contributed by atoms with Crippen molar-refractivity contribution in [2.45, 2.75) is 11.3 Å². The molecule has 0 fully saturated rings. The van der Waals surface area contributed by atoms with Crippen molar-refractivity contribution in [1.29, 1.82) is 0 Å². The summed E-state index contributed by atoms with van der Waals surface area (Å²) in [5.41, 5.74) is 0.703. The first kappa shape index (κ1) is 15.5. The second-order valence-corrected chi connectivity index (χ2v) is 5.31. The Kier molecular flexibility index (Phi) is 8.13. The van der Waals surface area contributed by atoms with Crippen LogP contribution in [0.25, 0.3) is 0 Å². The molecule has 0 aromatic heterocycles. The molecule has 1 N–H and O–H groups in total. The number of carbonyl (C=O) groups excluding carboxylic acids is 1. The highest BCUT2D eigenvalue weighted by Crippen LogP contribution is 2.14. The molecule has 1 aromatic rings. The Balaban J connectivity index is 2.23. The van der Waals surface area contributed by atoms with Crippen LogP contribution in [-0.2, 0) is 4.74 Å². The first-order valence-corrected chi connectivity index (χ1v) is 8.18. The number of benzene rings is 1. The van der Waals surface area contributed by atoms with Gasteiger partial charge in [0.1, 0.15) is 0 Å². The van der Waals surface area contributed by atoms with E-state index in [-0.39, 0.29) is 5.91 Å². The predicted octanol–water partition coefficient (Wildman–Crippen LogP) is 2.94. The highest BCUT2D eigenvalue weighted by Gasteiger charge is 2.03. The van der Waals surface area contributed by atoms with Crippen molar-refractivity contribution in [3.05, 3.63) is 29.8 Å². The van der Waals surface area contributed by atoms with Crippen LogP contribution in [-0.4, -0.2) is 37.3 Å². The van der Waals surface area contributed by atoms with E-state index in [0.29, 0.717) is 25.3 Å². The van der Waals surface area contributed by atoms with Gasteiger partial charge in [-0.1, -0.05) is 15.9 Å². The van der Waals surface area contributed by atoms with Gasteiger partial charge in [-0.3, -0.25) is 4.79 Å². The molecule has 1 rings (SSSR count). The quantitative estimate of drug-likeness (QED) is 0.452. The minimum absolute atomic E-state index is 0.0249. The molecule has 0 atom stereocenters. The molecule has 0 aliphatic rings. The number of hydrogen-bond donors (Lipinski definition) is 1. The number of thioether (sulfide) groups is 1. The molecule has 0 radical (unpaired) electrons. The highest BCUT2D eigenvalue weighted by atomic mass is 79.9. The Morgan fingerprint density at radius 3 is 2.67 bits per heavy atom. The third-order valence-corrected chi connectivity index (χ3v) is 3.39. The van der Waals surface area contributed by atoms with Gasteiger partial charge in [0.05, 0.1) is 6.61 Å². The number of halogens is 1. The van der Waals surface area contributed by atoms with E-state index in [2.05, 4.69) is 21.2 Å². The average molecular weight is 332 g/mol. The van der Waals surface area contributed by atoms with E-state index in [1.807, 2.05) is 30.5 Å². The second kappa shape index (κ2) is 9.42. The van der Waals surface area contributed by atoms with E-state index in [4.69, 9.17) is 4.74 Å². The number of rotatable bonds is 8. The van der Waals surface area contributed by atoms with E-state index in [0.717, 1.165) is 16.6 Å². The molecule has 0 heterocycles. The number of amides is 1. The molecule has 100 valence electrons. The molecule has 1 amide bonds. The lowest BCUT2D eigenvalue weighted by molar-refractivity contribution is 0.0944. The highest BCUT2D eigenvalue weighted by molar-refractivity contribution is 9.09. The van der Waals surface area contributed by atoms with Gasteiger partial charge in [-0.25, -0.2) is 0 Å². The van der Waals surface area contributed by atoms with E-state index < -0.39 is 0 Å². The van der Waals surface area contributed by atoms with E-state index in [1.165, 1.54) is 0 Å². The van der Waals surface area contributed by atoms with Crippen molar-refractivity contribution in [2.75, 3.05) is 31.3 Å². The predicted molar refractivity (Wildman–Crippen MR) is 79.8 cm³/mol. The molecule has 18 heavy (non-hydrogen) atoms. The molecule has 0 saturated carbocycles. The minimum atomic E-state index is -0.0249. The topological polar surface area (TPSA) is 38.3 Å². The maximum atomic E-state index is 11.8. The fourth-order valence-corrected chi connectivity index (χ4v) is 2.01. The molecular formula is C13H18BrNO2S. The Bertz CT molecular complexity index is 357. The lowest BCUT2D eigenvalue weighted by Gasteiger charge is -2.06. The molecule has 0 aliphatic carbocycles. The van der Waals surface area contributed by atoms with Crippen molar-refractivity contribution in [2.24, 2.45) is 0 Å². The zero-order chi connectivity index (χ0) is 13.2. The Morgan fingerprint density at radius 2 is 2.06 bits per heavy atom. The van der Waals surface area contributed by atoms with Crippen LogP contribution in [0.15, 0.2) is 29.2 Å². The fourth-order valence-electron chi connectivity index (χ4n) is 1.38. The Hall–Kier alpha value is -0.520. The summed E-state index contributed by atoms with van der Waals surface area (Å²) in [5.74, 6) is -0.0249. The number of carbonyl (C=O) groups is 1. The number of ether oxygens (including phenoxy) is 1. The first-order valence-electron chi connectivity index (χ1n) is 5.84. The van der Waals surface area contributed by atoms with Crippen molar-refractivity contribution < 1.29 is 9.53 Å². The van der Waals surface area contributed by atoms with Gasteiger partial charge in [0.2, 0.25) is 0 Å². The molecule has 5 heteroatoms. The first-order chi connectivity index (χ1) is 8.77. The van der Waals surface area contributed by atoms with Crippen LogP contribution in [0.2, 0.25) is 0 Å². The number of hydrogen-bond acceptors (Lipinski definition) is 3. The van der Waals surface area contributed by atoms with Crippen LogP contribution in [0.3, 0.4) is 0 Å². The van der Waals surface area contributed by atoms with Crippen molar-refractivity contribution in [3.8, 4) is 0 Å². The van der Waals surface area contributed by atoms with Crippen LogP contribution in [0.4, 0.5) is 0 Å². The summed E-state index contributed by atoms with van der Waals surface area (Å²) in [6, 6.07) is 7.61. The third-order valence-electron chi connectivity index (χ3n) is 2.32. The summed E-state index contributed by atoms with van der Waals surface area (Å²) in [5, 5.41) is 3.72. The average Bonchev–Trinajstić information content (AvgIpc) is 2.42. The largest absolute Gasteiger partial charge is 0.381 e. The summed E-state index contributed by atoms with van der Waals surface area (Å²) in [6.45, 7) is 2.03. The second-order valence-electron chi connectivity index (χ2n) is 3.64. The van der Waals surface area contributed by atoms with Gasteiger partial charge in [-0.15, -0.1) is 11.8 Å². The van der Waals surface area contributed by atoms with E-state index in [9.17, 15) is 4.79 Å². The van der Waals surface area contributed by atoms with Crippen LogP contribution in [0.1, 0.15) is 16.8 Å². The summed E-state index contributed by atoms with van der Waals surface area (Å²) < 4.78 is 5.30. The standard InChI is InChI=1S/C13H18BrNO2S/c1-18-12-5-3-11(4-6-12)13(16)15-8-2-9-17-10-7-14/h3-6H,2,7-10H2,1H3,(H,15,16). The van der Waals surface area contributed by atoms with Crippen molar-refractivity contribution >= 4 is 33.6 Å². The Morgan fingerprint density at radius 1 is 1.33 bits per heavy atom. The molecule has 0 aliphatic heterocycles. The summed E-state index contributed by atoms with van der Waals surface area (Å²) >= 11 is 4.95. The fraction of sp³-hybridized carbons (Fsp3) is 0.462. The minimum Gasteiger partial charge on any atom is -0.381 e. The molecule has 0 saturated heterocycles. The van der Waals surface area contributed by atoms with E-state index in [1.54, 1.807) is 11.8 Å². The maximum absolute atomic E-state index is 11.8. The number of nitrogens with one attached hydrogen (secondary N) is 1. The van der Waals surface area contributed by atoms with Crippen molar-refractivity contribution in [1.82, 2.24) is 5.32 Å². The molecule has 0 bridgehead atoms. The van der Waals surface area contributed by atoms with Crippen LogP contribution < -0.4 is 5.32 Å². The summed E-state index contributed by atoms with van der Waals surface area (Å²) in [6.07, 6.45) is 2.85. The van der Waals surface area contributed by atoms with Crippen LogP contribution >= 0.6 is 27.7 Å². The summed E-state index contributed by atoms with van der Waals surface area (Å²) in [7, 11) is 0. The van der Waals surface area contributed by atoms with Crippen molar-refractivity contribution in [3.63, 3.8) is 0 Å². The number of alkyl halides is 1. The zero-order valence-electron chi connectivity index (χ0n) is 10.4. The van der Waals surface area contributed by atoms with E-state index >= 15 is 0 Å². The van der Waals surface area contributed by atoms with Gasteiger partial charge in [0.25, 0.3) is 5.91 Å². The lowest BCUT2D eigenvalue weighted by atomic mass is 10.2. The molecule has 3 nitrogen and oxygen atoms in total. The van der Waals surface area contributed by atoms with Gasteiger partial charge in [0, 0.05) is 28.9 Å². The monoisotopic (exact) mass is 331 g/mol. The van der Waals surface area contributed by atoms with Gasteiger partial charge in [0.15, 0.2) is 0 Å². The Labute approximate surface area is 121 Å². The van der Waals surface area contributed by atoms with Crippen LogP contribution in [0, 0.1) is 0 Å². The lowest BCUT2D eigenvalue weighted by Crippen LogP contribution is -2.25. The van der Waals surface area contributed by atoms with Crippen LogP contribution in [0.5, 0.6) is 0 Å².